The molecule has 34 heavy (non-hydrogen) atoms. The number of pyridine rings is 1. The second kappa shape index (κ2) is 8.35. The summed E-state index contributed by atoms with van der Waals surface area (Å²) in [5, 5.41) is 22.7. The van der Waals surface area contributed by atoms with Gasteiger partial charge in [-0.15, -0.1) is 0 Å². The number of carbonyl (C=O) groups is 1. The van der Waals surface area contributed by atoms with Gasteiger partial charge in [-0.1, -0.05) is 0 Å². The lowest BCUT2D eigenvalue weighted by Gasteiger charge is -2.36. The quantitative estimate of drug-likeness (QED) is 0.433. The van der Waals surface area contributed by atoms with Crippen molar-refractivity contribution in [2.45, 2.75) is 56.2 Å². The highest BCUT2D eigenvalue weighted by molar-refractivity contribution is 6.00. The largest absolute Gasteiger partial charge is 0.391 e. The fraction of sp³-hybridized carbons (Fsp3) is 0.455. The standard InChI is InChI=1S/C22H25F2N7O3/c1-25-18-10-17(27-13-4-3-9-30(21(13)34)14-5-2-6-15(14)32)29-19-12(11-26-31(18)19)20(33)28-16-7-8-22(16,23)24/h3-4,9-11,14-16,25,32H,2,5-8H2,1H3,(H,27,29)(H,28,33)/t14?,15-,16?/m1/s1. The Morgan fingerprint density at radius 1 is 1.29 bits per heavy atom. The number of nitrogens with one attached hydrogen (secondary N) is 3. The highest BCUT2D eigenvalue weighted by atomic mass is 19.3. The fourth-order valence-corrected chi connectivity index (χ4v) is 4.54. The Hall–Kier alpha value is -3.54. The fourth-order valence-electron chi connectivity index (χ4n) is 4.54. The van der Waals surface area contributed by atoms with Gasteiger partial charge in [0.15, 0.2) is 5.65 Å². The number of aromatic nitrogens is 4. The van der Waals surface area contributed by atoms with E-state index in [2.05, 4.69) is 26.0 Å². The van der Waals surface area contributed by atoms with E-state index in [0.717, 1.165) is 6.42 Å². The zero-order valence-corrected chi connectivity index (χ0v) is 18.5. The molecule has 4 N–H and O–H groups in total. The van der Waals surface area contributed by atoms with Gasteiger partial charge >= 0.3 is 0 Å². The van der Waals surface area contributed by atoms with E-state index >= 15 is 0 Å². The molecule has 2 aliphatic carbocycles. The lowest BCUT2D eigenvalue weighted by Crippen LogP contribution is -2.55. The predicted octanol–water partition coefficient (Wildman–Crippen LogP) is 2.29. The van der Waals surface area contributed by atoms with Crippen molar-refractivity contribution in [3.63, 3.8) is 0 Å². The van der Waals surface area contributed by atoms with Crippen LogP contribution in [0.5, 0.6) is 0 Å². The summed E-state index contributed by atoms with van der Waals surface area (Å²) >= 11 is 0. The number of aliphatic hydroxyl groups is 1. The second-order valence-corrected chi connectivity index (χ2v) is 8.72. The van der Waals surface area contributed by atoms with Crippen molar-refractivity contribution in [3.8, 4) is 0 Å². The van der Waals surface area contributed by atoms with Crippen LogP contribution < -0.4 is 21.5 Å². The molecule has 2 unspecified atom stereocenters. The van der Waals surface area contributed by atoms with E-state index < -0.39 is 24.0 Å². The minimum Gasteiger partial charge on any atom is -0.391 e. The number of halogens is 2. The molecular weight excluding hydrogens is 448 g/mol. The van der Waals surface area contributed by atoms with Gasteiger partial charge in [-0.25, -0.2) is 13.8 Å². The zero-order valence-electron chi connectivity index (χ0n) is 18.5. The predicted molar refractivity (Wildman–Crippen MR) is 121 cm³/mol. The minimum atomic E-state index is -2.92. The topological polar surface area (TPSA) is 126 Å². The molecule has 0 radical (unpaired) electrons. The van der Waals surface area contributed by atoms with Crippen LogP contribution in [0, 0.1) is 0 Å². The number of carbonyl (C=O) groups excluding carboxylic acids is 1. The van der Waals surface area contributed by atoms with Gasteiger partial charge in [-0.3, -0.25) is 9.59 Å². The number of amides is 1. The smallest absolute Gasteiger partial charge is 0.274 e. The monoisotopic (exact) mass is 473 g/mol. The van der Waals surface area contributed by atoms with Crippen LogP contribution >= 0.6 is 0 Å². The Bertz CT molecular complexity index is 1310. The van der Waals surface area contributed by atoms with Crippen molar-refractivity contribution >= 4 is 28.9 Å². The van der Waals surface area contributed by atoms with E-state index in [-0.39, 0.29) is 47.2 Å². The van der Waals surface area contributed by atoms with Crippen molar-refractivity contribution in [1.82, 2.24) is 24.5 Å². The van der Waals surface area contributed by atoms with E-state index in [1.807, 2.05) is 0 Å². The minimum absolute atomic E-state index is 0.0439. The molecule has 180 valence electrons. The molecule has 2 saturated carbocycles. The molecule has 3 heterocycles. The first-order valence-corrected chi connectivity index (χ1v) is 11.2. The maximum Gasteiger partial charge on any atom is 0.274 e. The highest BCUT2D eigenvalue weighted by Crippen LogP contribution is 2.37. The van der Waals surface area contributed by atoms with Crippen molar-refractivity contribution in [1.29, 1.82) is 0 Å². The Balaban J connectivity index is 1.47. The van der Waals surface area contributed by atoms with Gasteiger partial charge in [0, 0.05) is 25.7 Å². The average Bonchev–Trinajstić information content (AvgIpc) is 3.43. The van der Waals surface area contributed by atoms with E-state index in [1.165, 1.54) is 15.3 Å². The van der Waals surface area contributed by atoms with Crippen molar-refractivity contribution < 1.29 is 18.7 Å². The third-order valence-corrected chi connectivity index (χ3v) is 6.59. The molecule has 3 aromatic rings. The lowest BCUT2D eigenvalue weighted by molar-refractivity contribution is -0.102. The summed E-state index contributed by atoms with van der Waals surface area (Å²) in [6.45, 7) is 0. The molecule has 10 nitrogen and oxygen atoms in total. The van der Waals surface area contributed by atoms with Crippen LogP contribution in [-0.2, 0) is 0 Å². The van der Waals surface area contributed by atoms with Gasteiger partial charge in [0.25, 0.3) is 17.4 Å². The number of nitrogens with zero attached hydrogens (tertiary/aromatic N) is 4. The molecule has 0 saturated heterocycles. The van der Waals surface area contributed by atoms with Crippen LogP contribution in [0.4, 0.5) is 26.1 Å². The maximum absolute atomic E-state index is 13.6. The summed E-state index contributed by atoms with van der Waals surface area (Å²) in [5.74, 6) is -2.87. The van der Waals surface area contributed by atoms with Crippen LogP contribution in [0.25, 0.3) is 5.65 Å². The molecule has 2 fully saturated rings. The molecule has 3 aromatic heterocycles. The van der Waals surface area contributed by atoms with Crippen molar-refractivity contribution in [2.75, 3.05) is 17.7 Å². The Labute approximate surface area is 193 Å². The first kappa shape index (κ1) is 22.3. The van der Waals surface area contributed by atoms with E-state index in [4.69, 9.17) is 0 Å². The Morgan fingerprint density at radius 3 is 2.76 bits per heavy atom. The molecule has 12 heteroatoms. The summed E-state index contributed by atoms with van der Waals surface area (Å²) < 4.78 is 30.2. The Kier molecular flexibility index (Phi) is 5.47. The number of fused-ring (bicyclic) bond motifs is 1. The molecule has 0 aliphatic heterocycles. The van der Waals surface area contributed by atoms with Crippen LogP contribution in [0.15, 0.2) is 35.4 Å². The summed E-state index contributed by atoms with van der Waals surface area (Å²) in [7, 11) is 1.66. The molecule has 1 amide bonds. The summed E-state index contributed by atoms with van der Waals surface area (Å²) in [6, 6.07) is 3.43. The highest BCUT2D eigenvalue weighted by Gasteiger charge is 2.49. The van der Waals surface area contributed by atoms with Crippen LogP contribution in [0.1, 0.15) is 48.5 Å². The van der Waals surface area contributed by atoms with Gasteiger partial charge in [0.05, 0.1) is 24.4 Å². The molecule has 5 rings (SSSR count). The molecule has 3 atom stereocenters. The second-order valence-electron chi connectivity index (χ2n) is 8.72. The van der Waals surface area contributed by atoms with Crippen LogP contribution in [-0.4, -0.2) is 55.3 Å². The number of hydrogen-bond acceptors (Lipinski definition) is 7. The van der Waals surface area contributed by atoms with Crippen LogP contribution in [0.2, 0.25) is 0 Å². The number of anilines is 3. The zero-order chi connectivity index (χ0) is 24.0. The normalized spacial score (nSPS) is 23.5. The van der Waals surface area contributed by atoms with Crippen molar-refractivity contribution in [2.24, 2.45) is 0 Å². The third kappa shape index (κ3) is 3.77. The van der Waals surface area contributed by atoms with Gasteiger partial charge in [-0.05, 0) is 37.8 Å². The van der Waals surface area contributed by atoms with Gasteiger partial charge in [-0.2, -0.15) is 9.61 Å². The van der Waals surface area contributed by atoms with Crippen LogP contribution in [0.3, 0.4) is 0 Å². The van der Waals surface area contributed by atoms with Gasteiger partial charge in [0.1, 0.15) is 22.9 Å². The molecule has 0 spiro atoms. The number of alkyl halides is 2. The first-order chi connectivity index (χ1) is 16.3. The molecule has 2 aliphatic rings. The van der Waals surface area contributed by atoms with Gasteiger partial charge < -0.3 is 25.6 Å². The number of aliphatic hydroxyl groups excluding tert-OH is 1. The molecule has 0 aromatic carbocycles. The number of hydrogen-bond donors (Lipinski definition) is 4. The maximum atomic E-state index is 13.6. The average molecular weight is 473 g/mol. The van der Waals surface area contributed by atoms with E-state index in [0.29, 0.717) is 18.7 Å². The molecule has 0 bridgehead atoms. The van der Waals surface area contributed by atoms with Crippen molar-refractivity contribution in [3.05, 3.63) is 46.5 Å². The summed E-state index contributed by atoms with van der Waals surface area (Å²) in [6.07, 6.45) is 4.51. The summed E-state index contributed by atoms with van der Waals surface area (Å²) in [4.78, 5) is 30.2. The lowest BCUT2D eigenvalue weighted by atomic mass is 9.88. The molecular formula is C22H25F2N7O3. The van der Waals surface area contributed by atoms with E-state index in [1.54, 1.807) is 31.4 Å². The first-order valence-electron chi connectivity index (χ1n) is 11.2. The third-order valence-electron chi connectivity index (χ3n) is 6.59. The van der Waals surface area contributed by atoms with Gasteiger partial charge in [0.2, 0.25) is 0 Å². The van der Waals surface area contributed by atoms with E-state index in [9.17, 15) is 23.5 Å². The summed E-state index contributed by atoms with van der Waals surface area (Å²) in [5.41, 5.74) is 0.138. The number of rotatable bonds is 6. The Morgan fingerprint density at radius 2 is 2.12 bits per heavy atom. The SMILES string of the molecule is CNc1cc(Nc2cccn(C3CCC[C@H]3O)c2=O)nc2c(C(=O)NC3CCC3(F)F)cnn12.